The summed E-state index contributed by atoms with van der Waals surface area (Å²) in [5, 5.41) is 13.3. The van der Waals surface area contributed by atoms with Crippen molar-refractivity contribution in [1.29, 1.82) is 0 Å². The molecule has 3 rings (SSSR count). The zero-order valence-corrected chi connectivity index (χ0v) is 12.9. The number of aliphatic hydroxyl groups excluding tert-OH is 1. The van der Waals surface area contributed by atoms with Gasteiger partial charge >= 0.3 is 0 Å². The van der Waals surface area contributed by atoms with E-state index < -0.39 is 0 Å². The number of hydrogen-bond acceptors (Lipinski definition) is 3. The summed E-state index contributed by atoms with van der Waals surface area (Å²) in [6, 6.07) is 12.7. The number of nitrogens with zero attached hydrogens (tertiary/aromatic N) is 1. The van der Waals surface area contributed by atoms with Crippen LogP contribution in [0.2, 0.25) is 0 Å². The van der Waals surface area contributed by atoms with Gasteiger partial charge in [-0.3, -0.25) is 4.98 Å². The number of pyridine rings is 1. The molecule has 1 fully saturated rings. The molecule has 1 aliphatic rings. The number of aliphatic hydroxyl groups is 1. The lowest BCUT2D eigenvalue weighted by Crippen LogP contribution is -2.28. The second kappa shape index (κ2) is 7.52. The monoisotopic (exact) mass is 296 g/mol. The van der Waals surface area contributed by atoms with E-state index in [9.17, 15) is 5.11 Å². The van der Waals surface area contributed by atoms with Crippen LogP contribution in [0.4, 0.5) is 0 Å². The van der Waals surface area contributed by atoms with Crippen LogP contribution in [0.5, 0.6) is 0 Å². The molecule has 116 valence electrons. The van der Waals surface area contributed by atoms with Crippen molar-refractivity contribution in [2.45, 2.75) is 38.3 Å². The first-order chi connectivity index (χ1) is 10.8. The van der Waals surface area contributed by atoms with Crippen LogP contribution < -0.4 is 5.32 Å². The van der Waals surface area contributed by atoms with Crippen LogP contribution in [-0.2, 0) is 6.54 Å². The highest BCUT2D eigenvalue weighted by Gasteiger charge is 2.19. The molecule has 1 aliphatic carbocycles. The van der Waals surface area contributed by atoms with Gasteiger partial charge in [-0.2, -0.15) is 0 Å². The Kier molecular flexibility index (Phi) is 5.20. The highest BCUT2D eigenvalue weighted by atomic mass is 16.3. The maximum Gasteiger partial charge on any atom is 0.0543 e. The minimum absolute atomic E-state index is 0.0885. The summed E-state index contributed by atoms with van der Waals surface area (Å²) in [6.45, 7) is 1.87. The Hall–Kier alpha value is -1.71. The lowest BCUT2D eigenvalue weighted by atomic mass is 9.87. The fraction of sp³-hybridized carbons (Fsp3) is 0.421. The molecule has 3 heteroatoms. The van der Waals surface area contributed by atoms with Crippen LogP contribution in [0.1, 0.15) is 31.2 Å². The number of nitrogens with one attached hydrogen (secondary N) is 1. The maximum atomic E-state index is 9.72. The minimum Gasteiger partial charge on any atom is -0.393 e. The van der Waals surface area contributed by atoms with Gasteiger partial charge in [0.1, 0.15) is 0 Å². The summed E-state index contributed by atoms with van der Waals surface area (Å²) in [4.78, 5) is 4.18. The van der Waals surface area contributed by atoms with Gasteiger partial charge in [-0.15, -0.1) is 0 Å². The number of hydrogen-bond donors (Lipinski definition) is 2. The molecule has 2 unspecified atom stereocenters. The SMILES string of the molecule is OC1CCCC(CNCc2cccc(-c3cccnc3)c2)C1. The van der Waals surface area contributed by atoms with Gasteiger partial charge in [-0.1, -0.05) is 30.7 Å². The molecular weight excluding hydrogens is 272 g/mol. The molecule has 1 saturated carbocycles. The Labute approximate surface area is 132 Å². The molecule has 1 aromatic heterocycles. The number of benzene rings is 1. The normalized spacial score (nSPS) is 21.7. The molecule has 2 N–H and O–H groups in total. The molecule has 22 heavy (non-hydrogen) atoms. The first-order valence-corrected chi connectivity index (χ1v) is 8.19. The van der Waals surface area contributed by atoms with Crippen LogP contribution in [0.3, 0.4) is 0 Å². The quantitative estimate of drug-likeness (QED) is 0.889. The molecule has 0 amide bonds. The summed E-state index contributed by atoms with van der Waals surface area (Å²) >= 11 is 0. The molecule has 2 atom stereocenters. The smallest absolute Gasteiger partial charge is 0.0543 e. The Morgan fingerprint density at radius 3 is 2.86 bits per heavy atom. The first-order valence-electron chi connectivity index (χ1n) is 8.19. The van der Waals surface area contributed by atoms with Crippen LogP contribution >= 0.6 is 0 Å². The second-order valence-corrected chi connectivity index (χ2v) is 6.26. The average Bonchev–Trinajstić information content (AvgIpc) is 2.56. The van der Waals surface area contributed by atoms with Crippen molar-refractivity contribution in [2.24, 2.45) is 5.92 Å². The summed E-state index contributed by atoms with van der Waals surface area (Å²) in [7, 11) is 0. The average molecular weight is 296 g/mol. The zero-order chi connectivity index (χ0) is 15.2. The molecule has 3 nitrogen and oxygen atoms in total. The summed E-state index contributed by atoms with van der Waals surface area (Å²) < 4.78 is 0. The molecular formula is C19H24N2O. The van der Waals surface area contributed by atoms with Crippen LogP contribution in [0, 0.1) is 5.92 Å². The van der Waals surface area contributed by atoms with E-state index >= 15 is 0 Å². The van der Waals surface area contributed by atoms with Crippen LogP contribution in [-0.4, -0.2) is 22.7 Å². The Morgan fingerprint density at radius 2 is 2.05 bits per heavy atom. The second-order valence-electron chi connectivity index (χ2n) is 6.26. The van der Waals surface area contributed by atoms with Gasteiger partial charge in [0, 0.05) is 18.9 Å². The van der Waals surface area contributed by atoms with Crippen molar-refractivity contribution in [3.63, 3.8) is 0 Å². The summed E-state index contributed by atoms with van der Waals surface area (Å²) in [6.07, 6.45) is 7.93. The van der Waals surface area contributed by atoms with E-state index in [0.717, 1.165) is 37.9 Å². The Bertz CT molecular complexity index is 585. The van der Waals surface area contributed by atoms with Gasteiger partial charge in [-0.05, 0) is 60.5 Å². The van der Waals surface area contributed by atoms with E-state index in [0.29, 0.717) is 5.92 Å². The lowest BCUT2D eigenvalue weighted by molar-refractivity contribution is 0.101. The third-order valence-electron chi connectivity index (χ3n) is 4.44. The number of rotatable bonds is 5. The topological polar surface area (TPSA) is 45.1 Å². The van der Waals surface area contributed by atoms with Gasteiger partial charge in [0.25, 0.3) is 0 Å². The third kappa shape index (κ3) is 4.15. The molecule has 0 bridgehead atoms. The third-order valence-corrected chi connectivity index (χ3v) is 4.44. The predicted molar refractivity (Wildman–Crippen MR) is 89.3 cm³/mol. The molecule has 0 spiro atoms. The Balaban J connectivity index is 1.55. The molecule has 1 aromatic carbocycles. The van der Waals surface area contributed by atoms with E-state index in [1.165, 1.54) is 17.5 Å². The van der Waals surface area contributed by atoms with Crippen molar-refractivity contribution >= 4 is 0 Å². The summed E-state index contributed by atoms with van der Waals surface area (Å²) in [5.41, 5.74) is 3.65. The van der Waals surface area contributed by atoms with Crippen molar-refractivity contribution in [3.05, 3.63) is 54.4 Å². The highest BCUT2D eigenvalue weighted by molar-refractivity contribution is 5.62. The van der Waals surface area contributed by atoms with Crippen LogP contribution in [0.15, 0.2) is 48.8 Å². The van der Waals surface area contributed by atoms with Gasteiger partial charge in [0.2, 0.25) is 0 Å². The fourth-order valence-electron chi connectivity index (χ4n) is 3.26. The number of aromatic nitrogens is 1. The van der Waals surface area contributed by atoms with Gasteiger partial charge in [0.15, 0.2) is 0 Å². The molecule has 0 radical (unpaired) electrons. The van der Waals surface area contributed by atoms with Gasteiger partial charge < -0.3 is 10.4 Å². The standard InChI is InChI=1S/C19H24N2O/c22-19-8-2-5-16(11-19)13-21-12-15-4-1-6-17(10-15)18-7-3-9-20-14-18/h1,3-4,6-7,9-10,14,16,19,21-22H,2,5,8,11-13H2. The first kappa shape index (κ1) is 15.2. The molecule has 2 aromatic rings. The van der Waals surface area contributed by atoms with E-state index in [4.69, 9.17) is 0 Å². The largest absolute Gasteiger partial charge is 0.393 e. The molecule has 0 aliphatic heterocycles. The highest BCUT2D eigenvalue weighted by Crippen LogP contribution is 2.24. The summed E-state index contributed by atoms with van der Waals surface area (Å²) in [5.74, 6) is 0.616. The van der Waals surface area contributed by atoms with Crippen molar-refractivity contribution < 1.29 is 5.11 Å². The van der Waals surface area contributed by atoms with Crippen molar-refractivity contribution in [2.75, 3.05) is 6.54 Å². The zero-order valence-electron chi connectivity index (χ0n) is 12.9. The van der Waals surface area contributed by atoms with Crippen molar-refractivity contribution in [1.82, 2.24) is 10.3 Å². The minimum atomic E-state index is -0.0885. The van der Waals surface area contributed by atoms with E-state index in [-0.39, 0.29) is 6.10 Å². The van der Waals surface area contributed by atoms with Crippen LogP contribution in [0.25, 0.3) is 11.1 Å². The van der Waals surface area contributed by atoms with Gasteiger partial charge in [0.05, 0.1) is 6.10 Å². The van der Waals surface area contributed by atoms with E-state index in [1.54, 1.807) is 6.20 Å². The van der Waals surface area contributed by atoms with Gasteiger partial charge in [-0.25, -0.2) is 0 Å². The Morgan fingerprint density at radius 1 is 1.14 bits per heavy atom. The lowest BCUT2D eigenvalue weighted by Gasteiger charge is -2.26. The van der Waals surface area contributed by atoms with E-state index in [2.05, 4.69) is 40.6 Å². The predicted octanol–water partition coefficient (Wildman–Crippen LogP) is 3.39. The van der Waals surface area contributed by atoms with Crippen molar-refractivity contribution in [3.8, 4) is 11.1 Å². The molecule has 1 heterocycles. The van der Waals surface area contributed by atoms with E-state index in [1.807, 2.05) is 12.3 Å². The fourth-order valence-corrected chi connectivity index (χ4v) is 3.26. The molecule has 0 saturated heterocycles. The maximum absolute atomic E-state index is 9.72.